The molecule has 0 aliphatic carbocycles. The van der Waals surface area contributed by atoms with E-state index in [0.717, 1.165) is 16.5 Å². The lowest BCUT2D eigenvalue weighted by molar-refractivity contribution is -0.174. The van der Waals surface area contributed by atoms with Crippen molar-refractivity contribution in [3.8, 4) is 0 Å². The Balaban J connectivity index is 1.99. The van der Waals surface area contributed by atoms with Crippen LogP contribution in [0.4, 0.5) is 13.2 Å². The van der Waals surface area contributed by atoms with E-state index in [1.807, 2.05) is 24.3 Å². The van der Waals surface area contributed by atoms with E-state index in [2.05, 4.69) is 9.72 Å². The van der Waals surface area contributed by atoms with Crippen molar-refractivity contribution in [2.75, 3.05) is 13.2 Å². The third kappa shape index (κ3) is 3.91. The first-order chi connectivity index (χ1) is 9.47. The van der Waals surface area contributed by atoms with Gasteiger partial charge in [-0.3, -0.25) is 4.98 Å². The Morgan fingerprint density at radius 1 is 1.20 bits per heavy atom. The van der Waals surface area contributed by atoms with E-state index in [1.165, 1.54) is 0 Å². The number of nitrogens with two attached hydrogens (primary N) is 1. The van der Waals surface area contributed by atoms with Crippen LogP contribution in [0.25, 0.3) is 10.9 Å². The highest BCUT2D eigenvalue weighted by molar-refractivity contribution is 5.82. The van der Waals surface area contributed by atoms with Gasteiger partial charge in [0.1, 0.15) is 6.61 Å². The van der Waals surface area contributed by atoms with E-state index in [9.17, 15) is 13.2 Å². The monoisotopic (exact) mass is 284 g/mol. The van der Waals surface area contributed by atoms with Gasteiger partial charge in [0.25, 0.3) is 0 Å². The SMILES string of the molecule is NC(CCOCC(F)(F)F)c1cccc2ncccc12. The molecule has 1 aromatic heterocycles. The standard InChI is InChI=1S/C14H15F3N2O/c15-14(16,17)9-20-8-6-12(18)10-3-1-5-13-11(10)4-2-7-19-13/h1-5,7,12H,6,8-9,18H2. The lowest BCUT2D eigenvalue weighted by Crippen LogP contribution is -2.19. The van der Waals surface area contributed by atoms with Gasteiger partial charge in [0.2, 0.25) is 0 Å². The number of rotatable bonds is 5. The molecule has 0 amide bonds. The molecular weight excluding hydrogens is 269 g/mol. The van der Waals surface area contributed by atoms with Gasteiger partial charge in [0, 0.05) is 24.2 Å². The number of fused-ring (bicyclic) bond motifs is 1. The van der Waals surface area contributed by atoms with Crippen molar-refractivity contribution < 1.29 is 17.9 Å². The second-order valence-corrected chi connectivity index (χ2v) is 4.48. The second kappa shape index (κ2) is 6.19. The molecule has 0 bridgehead atoms. The topological polar surface area (TPSA) is 48.1 Å². The Morgan fingerprint density at radius 2 is 2.00 bits per heavy atom. The van der Waals surface area contributed by atoms with Gasteiger partial charge in [-0.1, -0.05) is 18.2 Å². The third-order valence-electron chi connectivity index (χ3n) is 2.92. The smallest absolute Gasteiger partial charge is 0.372 e. The van der Waals surface area contributed by atoms with Crippen molar-refractivity contribution in [2.24, 2.45) is 5.73 Å². The fraction of sp³-hybridized carbons (Fsp3) is 0.357. The quantitative estimate of drug-likeness (QED) is 0.858. The maximum absolute atomic E-state index is 11.9. The summed E-state index contributed by atoms with van der Waals surface area (Å²) in [5.74, 6) is 0. The summed E-state index contributed by atoms with van der Waals surface area (Å²) in [6.07, 6.45) is -2.29. The molecule has 1 aromatic carbocycles. The molecule has 0 fully saturated rings. The van der Waals surface area contributed by atoms with Crippen LogP contribution in [0.2, 0.25) is 0 Å². The zero-order valence-electron chi connectivity index (χ0n) is 10.7. The fourth-order valence-corrected chi connectivity index (χ4v) is 2.00. The van der Waals surface area contributed by atoms with Crippen LogP contribution >= 0.6 is 0 Å². The number of pyridine rings is 1. The van der Waals surface area contributed by atoms with Crippen molar-refractivity contribution in [3.05, 3.63) is 42.1 Å². The highest BCUT2D eigenvalue weighted by Crippen LogP contribution is 2.23. The van der Waals surface area contributed by atoms with Crippen LogP contribution in [-0.4, -0.2) is 24.4 Å². The minimum atomic E-state index is -4.30. The summed E-state index contributed by atoms with van der Waals surface area (Å²) in [4.78, 5) is 4.22. The van der Waals surface area contributed by atoms with Gasteiger partial charge in [-0.25, -0.2) is 0 Å². The molecule has 2 N–H and O–H groups in total. The zero-order valence-corrected chi connectivity index (χ0v) is 10.7. The van der Waals surface area contributed by atoms with Crippen LogP contribution in [0.1, 0.15) is 18.0 Å². The summed E-state index contributed by atoms with van der Waals surface area (Å²) in [5.41, 5.74) is 7.71. The summed E-state index contributed by atoms with van der Waals surface area (Å²) >= 11 is 0. The molecular formula is C14H15F3N2O. The number of aromatic nitrogens is 1. The number of nitrogens with zero attached hydrogens (tertiary/aromatic N) is 1. The molecule has 6 heteroatoms. The molecule has 20 heavy (non-hydrogen) atoms. The number of hydrogen-bond acceptors (Lipinski definition) is 3. The molecule has 2 aromatic rings. The first kappa shape index (κ1) is 14.7. The predicted molar refractivity (Wildman–Crippen MR) is 70.2 cm³/mol. The Hall–Kier alpha value is -1.66. The fourth-order valence-electron chi connectivity index (χ4n) is 2.00. The maximum atomic E-state index is 11.9. The molecule has 1 heterocycles. The van der Waals surface area contributed by atoms with E-state index >= 15 is 0 Å². The molecule has 1 unspecified atom stereocenters. The second-order valence-electron chi connectivity index (χ2n) is 4.48. The maximum Gasteiger partial charge on any atom is 0.411 e. The summed E-state index contributed by atoms with van der Waals surface area (Å²) in [6.45, 7) is -1.27. The van der Waals surface area contributed by atoms with E-state index in [4.69, 9.17) is 5.73 Å². The first-order valence-corrected chi connectivity index (χ1v) is 6.21. The van der Waals surface area contributed by atoms with Crippen molar-refractivity contribution >= 4 is 10.9 Å². The number of alkyl halides is 3. The minimum Gasteiger partial charge on any atom is -0.372 e. The molecule has 0 saturated carbocycles. The normalized spacial score (nSPS) is 13.6. The predicted octanol–water partition coefficient (Wildman–Crippen LogP) is 3.20. The van der Waals surface area contributed by atoms with Gasteiger partial charge < -0.3 is 10.5 Å². The van der Waals surface area contributed by atoms with Gasteiger partial charge in [0.05, 0.1) is 5.52 Å². The van der Waals surface area contributed by atoms with Crippen LogP contribution < -0.4 is 5.73 Å². The Bertz CT molecular complexity index is 566. The largest absolute Gasteiger partial charge is 0.411 e. The van der Waals surface area contributed by atoms with Gasteiger partial charge in [-0.15, -0.1) is 0 Å². The highest BCUT2D eigenvalue weighted by Gasteiger charge is 2.27. The number of halogens is 3. The van der Waals surface area contributed by atoms with E-state index in [1.54, 1.807) is 12.3 Å². The molecule has 3 nitrogen and oxygen atoms in total. The van der Waals surface area contributed by atoms with Crippen molar-refractivity contribution in [1.82, 2.24) is 4.98 Å². The van der Waals surface area contributed by atoms with E-state index < -0.39 is 12.8 Å². The zero-order chi connectivity index (χ0) is 14.6. The van der Waals surface area contributed by atoms with Crippen molar-refractivity contribution in [2.45, 2.75) is 18.6 Å². The van der Waals surface area contributed by atoms with Crippen LogP contribution in [0.15, 0.2) is 36.5 Å². The molecule has 2 rings (SSSR count). The summed E-state index contributed by atoms with van der Waals surface area (Å²) < 4.78 is 40.4. The highest BCUT2D eigenvalue weighted by atomic mass is 19.4. The number of benzene rings is 1. The summed E-state index contributed by atoms with van der Waals surface area (Å²) in [5, 5.41) is 0.915. The lowest BCUT2D eigenvalue weighted by Gasteiger charge is -2.15. The lowest BCUT2D eigenvalue weighted by atomic mass is 10.00. The van der Waals surface area contributed by atoms with Gasteiger partial charge in [-0.05, 0) is 24.1 Å². The van der Waals surface area contributed by atoms with Crippen LogP contribution in [0, 0.1) is 0 Å². The average molecular weight is 284 g/mol. The van der Waals surface area contributed by atoms with E-state index in [0.29, 0.717) is 6.42 Å². The number of ether oxygens (including phenoxy) is 1. The third-order valence-corrected chi connectivity index (χ3v) is 2.92. The van der Waals surface area contributed by atoms with E-state index in [-0.39, 0.29) is 12.6 Å². The Kier molecular flexibility index (Phi) is 4.57. The van der Waals surface area contributed by atoms with Crippen LogP contribution in [0.3, 0.4) is 0 Å². The van der Waals surface area contributed by atoms with Gasteiger partial charge in [0.15, 0.2) is 0 Å². The summed E-state index contributed by atoms with van der Waals surface area (Å²) in [7, 11) is 0. The van der Waals surface area contributed by atoms with Crippen molar-refractivity contribution in [3.63, 3.8) is 0 Å². The molecule has 0 aliphatic rings. The number of hydrogen-bond donors (Lipinski definition) is 1. The van der Waals surface area contributed by atoms with Gasteiger partial charge in [-0.2, -0.15) is 13.2 Å². The summed E-state index contributed by atoms with van der Waals surface area (Å²) in [6, 6.07) is 8.88. The Morgan fingerprint density at radius 3 is 2.75 bits per heavy atom. The molecule has 0 saturated heterocycles. The molecule has 1 atom stereocenters. The first-order valence-electron chi connectivity index (χ1n) is 6.21. The Labute approximate surface area is 114 Å². The molecule has 108 valence electrons. The molecule has 0 aliphatic heterocycles. The van der Waals surface area contributed by atoms with Crippen LogP contribution in [-0.2, 0) is 4.74 Å². The average Bonchev–Trinajstić information content (AvgIpc) is 2.41. The molecule has 0 spiro atoms. The molecule has 0 radical (unpaired) electrons. The van der Waals surface area contributed by atoms with Gasteiger partial charge >= 0.3 is 6.18 Å². The van der Waals surface area contributed by atoms with Crippen molar-refractivity contribution in [1.29, 1.82) is 0 Å². The minimum absolute atomic E-state index is 0.0304. The van der Waals surface area contributed by atoms with Crippen LogP contribution in [0.5, 0.6) is 0 Å².